The fraction of sp³-hybridized carbons (Fsp3) is 0.0545. The predicted molar refractivity (Wildman–Crippen MR) is 244 cm³/mol. The third kappa shape index (κ3) is 5.41. The van der Waals surface area contributed by atoms with E-state index < -0.39 is 0 Å². The van der Waals surface area contributed by atoms with E-state index in [4.69, 9.17) is 8.83 Å². The van der Waals surface area contributed by atoms with E-state index in [1.54, 1.807) is 0 Å². The van der Waals surface area contributed by atoms with Crippen LogP contribution in [0, 0.1) is 0 Å². The van der Waals surface area contributed by atoms with E-state index in [9.17, 15) is 0 Å². The molecule has 1 N–H and O–H groups in total. The molecule has 9 aromatic carbocycles. The van der Waals surface area contributed by atoms with Crippen molar-refractivity contribution in [2.45, 2.75) is 12.2 Å². The van der Waals surface area contributed by atoms with Crippen LogP contribution >= 0.6 is 0 Å². The van der Waals surface area contributed by atoms with Gasteiger partial charge in [0.25, 0.3) is 0 Å². The van der Waals surface area contributed by atoms with Gasteiger partial charge in [0.05, 0.1) is 6.04 Å². The number of benzene rings is 9. The zero-order valence-electron chi connectivity index (χ0n) is 32.4. The van der Waals surface area contributed by atoms with Crippen molar-refractivity contribution in [3.63, 3.8) is 0 Å². The van der Waals surface area contributed by atoms with Gasteiger partial charge < -0.3 is 13.7 Å². The Morgan fingerprint density at radius 3 is 2.07 bits per heavy atom. The van der Waals surface area contributed by atoms with Gasteiger partial charge in [-0.15, -0.1) is 0 Å². The molecule has 0 fully saturated rings. The van der Waals surface area contributed by atoms with Crippen molar-refractivity contribution in [3.05, 3.63) is 211 Å². The third-order valence-electron chi connectivity index (χ3n) is 12.4. The lowest BCUT2D eigenvalue weighted by Crippen LogP contribution is -2.41. The Labute approximate surface area is 341 Å². The Kier molecular flexibility index (Phi) is 7.62. The first kappa shape index (κ1) is 33.7. The highest BCUT2D eigenvalue weighted by Crippen LogP contribution is 2.45. The van der Waals surface area contributed by atoms with Crippen LogP contribution in [0.4, 0.5) is 0 Å². The van der Waals surface area contributed by atoms with E-state index in [0.717, 1.165) is 60.7 Å². The first-order valence-corrected chi connectivity index (χ1v) is 20.3. The minimum absolute atomic E-state index is 0.0706. The summed E-state index contributed by atoms with van der Waals surface area (Å²) in [6, 6.07) is 67.2. The van der Waals surface area contributed by atoms with Crippen LogP contribution in [-0.4, -0.2) is 11.9 Å². The van der Waals surface area contributed by atoms with Crippen LogP contribution in [0.25, 0.3) is 93.4 Å². The minimum atomic E-state index is -0.163. The summed E-state index contributed by atoms with van der Waals surface area (Å²) in [4.78, 5) is 2.39. The average molecular weight is 759 g/mol. The van der Waals surface area contributed by atoms with Crippen molar-refractivity contribution in [2.75, 3.05) is 7.05 Å². The summed E-state index contributed by atoms with van der Waals surface area (Å²) >= 11 is 0. The highest BCUT2D eigenvalue weighted by molar-refractivity contribution is 6.16. The Morgan fingerprint density at radius 2 is 1.17 bits per heavy atom. The zero-order valence-corrected chi connectivity index (χ0v) is 32.4. The Balaban J connectivity index is 1.03. The zero-order chi connectivity index (χ0) is 39.0. The summed E-state index contributed by atoms with van der Waals surface area (Å²) in [6.07, 6.45) is 2.21. The summed E-state index contributed by atoms with van der Waals surface area (Å²) in [7, 11) is 2.20. The van der Waals surface area contributed by atoms with Crippen molar-refractivity contribution in [1.29, 1.82) is 0 Å². The summed E-state index contributed by atoms with van der Waals surface area (Å²) in [5.41, 5.74) is 12.9. The van der Waals surface area contributed by atoms with Crippen molar-refractivity contribution in [3.8, 4) is 22.3 Å². The Morgan fingerprint density at radius 1 is 0.458 bits per heavy atom. The Hall–Kier alpha value is -7.40. The average Bonchev–Trinajstić information content (AvgIpc) is 3.87. The molecule has 0 radical (unpaired) electrons. The second-order valence-corrected chi connectivity index (χ2v) is 15.7. The molecule has 0 saturated heterocycles. The fourth-order valence-electron chi connectivity index (χ4n) is 9.52. The number of para-hydroxylation sites is 2. The molecule has 59 heavy (non-hydrogen) atoms. The fourth-order valence-corrected chi connectivity index (χ4v) is 9.52. The van der Waals surface area contributed by atoms with Gasteiger partial charge in [0.2, 0.25) is 0 Å². The molecule has 2 aromatic heterocycles. The standard InChI is InChI=1S/C55H38N2O2/c1-57-49(46-22-11-21-44-42-19-9-10-23-50(42)59-54(44)46)33-48(38-26-25-35-15-5-6-16-36(35)31-38)56-55(57)45-29-28-41(39-17-7-8-18-40(39)45)43-20-12-24-52-53(43)47-32-37(27-30-51(47)58-52)34-13-3-2-4-14-34/h2-33,48,55-56H,1H3. The molecule has 11 aromatic rings. The summed E-state index contributed by atoms with van der Waals surface area (Å²) in [5, 5.41) is 13.4. The van der Waals surface area contributed by atoms with Crippen molar-refractivity contribution < 1.29 is 8.83 Å². The second-order valence-electron chi connectivity index (χ2n) is 15.7. The van der Waals surface area contributed by atoms with Crippen molar-refractivity contribution in [1.82, 2.24) is 10.2 Å². The van der Waals surface area contributed by atoms with E-state index in [1.807, 2.05) is 6.07 Å². The molecule has 4 nitrogen and oxygen atoms in total. The highest BCUT2D eigenvalue weighted by Gasteiger charge is 2.32. The number of fused-ring (bicyclic) bond motifs is 8. The lowest BCUT2D eigenvalue weighted by atomic mass is 9.89. The second kappa shape index (κ2) is 13.3. The van der Waals surface area contributed by atoms with Crippen LogP contribution in [0.3, 0.4) is 0 Å². The molecule has 0 bridgehead atoms. The van der Waals surface area contributed by atoms with Gasteiger partial charge in [-0.25, -0.2) is 0 Å². The van der Waals surface area contributed by atoms with E-state index in [0.29, 0.717) is 0 Å². The summed E-state index contributed by atoms with van der Waals surface area (Å²) in [5.74, 6) is 0. The van der Waals surface area contributed by atoms with Crippen LogP contribution in [0.5, 0.6) is 0 Å². The summed E-state index contributed by atoms with van der Waals surface area (Å²) in [6.45, 7) is 0. The maximum absolute atomic E-state index is 6.66. The molecule has 0 saturated carbocycles. The number of rotatable bonds is 5. The molecule has 3 heterocycles. The van der Waals surface area contributed by atoms with Crippen LogP contribution in [0.2, 0.25) is 0 Å². The first-order chi connectivity index (χ1) is 29.2. The molecule has 1 aliphatic heterocycles. The van der Waals surface area contributed by atoms with Gasteiger partial charge in [-0.3, -0.25) is 5.32 Å². The van der Waals surface area contributed by atoms with Gasteiger partial charge in [0.1, 0.15) is 28.5 Å². The lowest BCUT2D eigenvalue weighted by molar-refractivity contribution is 0.265. The Bertz CT molecular complexity index is 3460. The number of hydrogen-bond acceptors (Lipinski definition) is 4. The molecule has 4 heteroatoms. The monoisotopic (exact) mass is 758 g/mol. The van der Waals surface area contributed by atoms with Gasteiger partial charge in [0.15, 0.2) is 0 Å². The minimum Gasteiger partial charge on any atom is -0.456 e. The van der Waals surface area contributed by atoms with Gasteiger partial charge >= 0.3 is 0 Å². The van der Waals surface area contributed by atoms with E-state index >= 15 is 0 Å². The largest absolute Gasteiger partial charge is 0.456 e. The SMILES string of the molecule is CN1C(c2cccc3c2oc2ccccc23)=CC(c2ccc3ccccc3c2)NC1c1ccc(-c2cccc3oc4ccc(-c5ccccc5)cc4c23)c2ccccc12. The smallest absolute Gasteiger partial charge is 0.144 e. The lowest BCUT2D eigenvalue weighted by Gasteiger charge is -2.41. The molecule has 0 aliphatic carbocycles. The molecule has 2 atom stereocenters. The van der Waals surface area contributed by atoms with Crippen LogP contribution in [0.1, 0.15) is 28.9 Å². The van der Waals surface area contributed by atoms with Crippen molar-refractivity contribution >= 4 is 71.1 Å². The normalized spacial score (nSPS) is 15.9. The number of nitrogens with zero attached hydrogens (tertiary/aromatic N) is 1. The molecule has 0 amide bonds. The number of hydrogen-bond donors (Lipinski definition) is 1. The van der Waals surface area contributed by atoms with Gasteiger partial charge in [-0.2, -0.15) is 0 Å². The molecule has 280 valence electrons. The van der Waals surface area contributed by atoms with E-state index in [-0.39, 0.29) is 12.2 Å². The first-order valence-electron chi connectivity index (χ1n) is 20.3. The molecule has 1 aliphatic rings. The quantitative estimate of drug-likeness (QED) is 0.190. The van der Waals surface area contributed by atoms with E-state index in [1.165, 1.54) is 49.4 Å². The third-order valence-corrected chi connectivity index (χ3v) is 12.4. The summed E-state index contributed by atoms with van der Waals surface area (Å²) < 4.78 is 13.2. The predicted octanol–water partition coefficient (Wildman–Crippen LogP) is 14.4. The number of furan rings is 2. The molecular weight excluding hydrogens is 721 g/mol. The molecule has 2 unspecified atom stereocenters. The van der Waals surface area contributed by atoms with Crippen LogP contribution in [0.15, 0.2) is 203 Å². The highest BCUT2D eigenvalue weighted by atomic mass is 16.3. The van der Waals surface area contributed by atoms with Crippen molar-refractivity contribution in [2.24, 2.45) is 0 Å². The van der Waals surface area contributed by atoms with Crippen LogP contribution < -0.4 is 5.32 Å². The molecule has 0 spiro atoms. The molecule has 12 rings (SSSR count). The maximum Gasteiger partial charge on any atom is 0.144 e. The number of nitrogens with one attached hydrogen (secondary N) is 1. The maximum atomic E-state index is 6.66. The van der Waals surface area contributed by atoms with Gasteiger partial charge in [-0.1, -0.05) is 152 Å². The molecular formula is C55H38N2O2. The van der Waals surface area contributed by atoms with Gasteiger partial charge in [0, 0.05) is 39.9 Å². The van der Waals surface area contributed by atoms with E-state index in [2.05, 4.69) is 205 Å². The van der Waals surface area contributed by atoms with Crippen LogP contribution in [-0.2, 0) is 0 Å². The topological polar surface area (TPSA) is 41.6 Å². The van der Waals surface area contributed by atoms with Gasteiger partial charge in [-0.05, 0) is 97.4 Å².